The minimum absolute atomic E-state index is 0.101. The number of fused-ring (bicyclic) bond motifs is 1. The molecule has 18 heavy (non-hydrogen) atoms. The summed E-state index contributed by atoms with van der Waals surface area (Å²) in [5, 5.41) is 4.07. The summed E-state index contributed by atoms with van der Waals surface area (Å²) in [6, 6.07) is 8.04. The Morgan fingerprint density at radius 2 is 1.94 bits per heavy atom. The maximum Gasteiger partial charge on any atom is 0.291 e. The second-order valence-corrected chi connectivity index (χ2v) is 5.19. The predicted octanol–water partition coefficient (Wildman–Crippen LogP) is 1.32. The second-order valence-electron chi connectivity index (χ2n) is 4.18. The first-order chi connectivity index (χ1) is 8.63. The Morgan fingerprint density at radius 3 is 2.61 bits per heavy atom. The van der Waals surface area contributed by atoms with Crippen molar-refractivity contribution in [3.05, 3.63) is 56.1 Å². The standard InChI is InChI=1S/C13H11N3OS/c1-8-3-5-10(6-4-8)7-11-12(17)16-13(18-11)14-9(2)15-16/h3-7H,1-2H3/b11-7-. The van der Waals surface area contributed by atoms with Crippen LogP contribution in [0.2, 0.25) is 0 Å². The van der Waals surface area contributed by atoms with Crippen LogP contribution >= 0.6 is 11.3 Å². The first-order valence-electron chi connectivity index (χ1n) is 5.58. The lowest BCUT2D eigenvalue weighted by molar-refractivity contribution is 0.904. The molecule has 0 N–H and O–H groups in total. The first kappa shape index (κ1) is 11.1. The summed E-state index contributed by atoms with van der Waals surface area (Å²) in [7, 11) is 0. The highest BCUT2D eigenvalue weighted by Crippen LogP contribution is 2.05. The van der Waals surface area contributed by atoms with E-state index in [4.69, 9.17) is 0 Å². The van der Waals surface area contributed by atoms with Crippen LogP contribution in [0.25, 0.3) is 11.0 Å². The number of benzene rings is 1. The lowest BCUT2D eigenvalue weighted by Crippen LogP contribution is -2.23. The van der Waals surface area contributed by atoms with Crippen LogP contribution in [0.3, 0.4) is 0 Å². The molecule has 0 fully saturated rings. The molecule has 0 atom stereocenters. The van der Waals surface area contributed by atoms with Gasteiger partial charge in [-0.2, -0.15) is 4.52 Å². The molecular formula is C13H11N3OS. The Morgan fingerprint density at radius 1 is 1.22 bits per heavy atom. The van der Waals surface area contributed by atoms with Crippen molar-refractivity contribution in [1.82, 2.24) is 14.6 Å². The first-order valence-corrected chi connectivity index (χ1v) is 6.40. The van der Waals surface area contributed by atoms with Crippen molar-refractivity contribution in [3.8, 4) is 0 Å². The molecule has 0 bridgehead atoms. The van der Waals surface area contributed by atoms with E-state index < -0.39 is 0 Å². The smallest absolute Gasteiger partial charge is 0.266 e. The molecule has 0 radical (unpaired) electrons. The van der Waals surface area contributed by atoms with E-state index in [0.717, 1.165) is 5.56 Å². The van der Waals surface area contributed by atoms with E-state index >= 15 is 0 Å². The molecule has 0 aliphatic carbocycles. The molecule has 90 valence electrons. The molecule has 3 rings (SSSR count). The molecule has 0 saturated carbocycles. The van der Waals surface area contributed by atoms with Crippen molar-refractivity contribution < 1.29 is 0 Å². The Bertz CT molecular complexity index is 814. The van der Waals surface area contributed by atoms with Gasteiger partial charge in [0.25, 0.3) is 5.56 Å². The van der Waals surface area contributed by atoms with E-state index in [9.17, 15) is 4.79 Å². The van der Waals surface area contributed by atoms with Crippen molar-refractivity contribution in [1.29, 1.82) is 0 Å². The zero-order chi connectivity index (χ0) is 12.7. The Hall–Kier alpha value is -2.01. The summed E-state index contributed by atoms with van der Waals surface area (Å²) >= 11 is 1.37. The van der Waals surface area contributed by atoms with Crippen LogP contribution < -0.4 is 10.1 Å². The van der Waals surface area contributed by atoms with Gasteiger partial charge in [0.15, 0.2) is 0 Å². The fourth-order valence-electron chi connectivity index (χ4n) is 1.75. The summed E-state index contributed by atoms with van der Waals surface area (Å²) in [6.07, 6.45) is 1.87. The predicted molar refractivity (Wildman–Crippen MR) is 71.8 cm³/mol. The number of thiazole rings is 1. The van der Waals surface area contributed by atoms with E-state index in [2.05, 4.69) is 10.1 Å². The van der Waals surface area contributed by atoms with Crippen molar-refractivity contribution in [3.63, 3.8) is 0 Å². The third-order valence-corrected chi connectivity index (χ3v) is 3.62. The molecule has 4 nitrogen and oxygen atoms in total. The normalized spacial score (nSPS) is 12.4. The van der Waals surface area contributed by atoms with Crippen LogP contribution in [0, 0.1) is 13.8 Å². The number of hydrogen-bond donors (Lipinski definition) is 0. The van der Waals surface area contributed by atoms with Crippen LogP contribution in [-0.2, 0) is 0 Å². The molecule has 0 spiro atoms. The lowest BCUT2D eigenvalue weighted by Gasteiger charge is -1.92. The van der Waals surface area contributed by atoms with Crippen molar-refractivity contribution in [2.75, 3.05) is 0 Å². The second kappa shape index (κ2) is 4.03. The van der Waals surface area contributed by atoms with Crippen LogP contribution in [-0.4, -0.2) is 14.6 Å². The topological polar surface area (TPSA) is 47.3 Å². The van der Waals surface area contributed by atoms with E-state index in [1.165, 1.54) is 21.4 Å². The minimum atomic E-state index is -0.101. The average Bonchev–Trinajstić information content (AvgIpc) is 2.82. The van der Waals surface area contributed by atoms with E-state index in [-0.39, 0.29) is 5.56 Å². The molecule has 0 aliphatic heterocycles. The maximum atomic E-state index is 12.1. The average molecular weight is 257 g/mol. The van der Waals surface area contributed by atoms with Crippen LogP contribution in [0.15, 0.2) is 29.1 Å². The summed E-state index contributed by atoms with van der Waals surface area (Å²) in [5.41, 5.74) is 2.11. The van der Waals surface area contributed by atoms with E-state index in [1.807, 2.05) is 37.3 Å². The number of aryl methyl sites for hydroxylation is 2. The van der Waals surface area contributed by atoms with Gasteiger partial charge >= 0.3 is 0 Å². The van der Waals surface area contributed by atoms with Gasteiger partial charge in [0, 0.05) is 0 Å². The van der Waals surface area contributed by atoms with Gasteiger partial charge in [-0.3, -0.25) is 4.79 Å². The highest BCUT2D eigenvalue weighted by atomic mass is 32.1. The van der Waals surface area contributed by atoms with Crippen molar-refractivity contribution >= 4 is 22.4 Å². The largest absolute Gasteiger partial charge is 0.291 e. The van der Waals surface area contributed by atoms with Crippen LogP contribution in [0.4, 0.5) is 0 Å². The molecule has 0 unspecified atom stereocenters. The van der Waals surface area contributed by atoms with Gasteiger partial charge in [-0.25, -0.2) is 4.98 Å². The van der Waals surface area contributed by atoms with Gasteiger partial charge in [0.1, 0.15) is 5.82 Å². The number of rotatable bonds is 1. The lowest BCUT2D eigenvalue weighted by atomic mass is 10.1. The monoisotopic (exact) mass is 257 g/mol. The fourth-order valence-corrected chi connectivity index (χ4v) is 2.70. The molecule has 0 saturated heterocycles. The van der Waals surface area contributed by atoms with Gasteiger partial charge in [-0.1, -0.05) is 41.2 Å². The highest BCUT2D eigenvalue weighted by molar-refractivity contribution is 7.15. The molecule has 0 aliphatic rings. The van der Waals surface area contributed by atoms with Gasteiger partial charge in [-0.15, -0.1) is 5.10 Å². The fraction of sp³-hybridized carbons (Fsp3) is 0.154. The quantitative estimate of drug-likeness (QED) is 0.660. The zero-order valence-corrected chi connectivity index (χ0v) is 10.9. The van der Waals surface area contributed by atoms with Gasteiger partial charge in [-0.05, 0) is 25.5 Å². The summed E-state index contributed by atoms with van der Waals surface area (Å²) in [4.78, 5) is 16.9. The molecular weight excluding hydrogens is 246 g/mol. The molecule has 1 aromatic carbocycles. The van der Waals surface area contributed by atoms with E-state index in [1.54, 1.807) is 6.92 Å². The molecule has 0 amide bonds. The maximum absolute atomic E-state index is 12.1. The Balaban J connectivity index is 2.19. The third kappa shape index (κ3) is 1.82. The number of aromatic nitrogens is 3. The van der Waals surface area contributed by atoms with Crippen LogP contribution in [0.1, 0.15) is 17.0 Å². The summed E-state index contributed by atoms with van der Waals surface area (Å²) < 4.78 is 2.02. The Kier molecular flexibility index (Phi) is 2.48. The minimum Gasteiger partial charge on any atom is -0.266 e. The summed E-state index contributed by atoms with van der Waals surface area (Å²) in [6.45, 7) is 3.82. The molecule has 3 aromatic rings. The zero-order valence-electron chi connectivity index (χ0n) is 10.0. The Labute approximate surface area is 107 Å². The summed E-state index contributed by atoms with van der Waals surface area (Å²) in [5.74, 6) is 0.625. The number of hydrogen-bond acceptors (Lipinski definition) is 4. The SMILES string of the molecule is Cc1ccc(/C=c2\sc3nc(C)nn3c2=O)cc1. The van der Waals surface area contributed by atoms with Crippen LogP contribution in [0.5, 0.6) is 0 Å². The molecule has 5 heteroatoms. The third-order valence-electron chi connectivity index (χ3n) is 2.66. The van der Waals surface area contributed by atoms with Gasteiger partial charge in [0.2, 0.25) is 4.96 Å². The van der Waals surface area contributed by atoms with E-state index in [0.29, 0.717) is 15.3 Å². The number of nitrogens with zero attached hydrogens (tertiary/aromatic N) is 3. The van der Waals surface area contributed by atoms with Crippen molar-refractivity contribution in [2.24, 2.45) is 0 Å². The highest BCUT2D eigenvalue weighted by Gasteiger charge is 2.07. The van der Waals surface area contributed by atoms with Gasteiger partial charge in [0.05, 0.1) is 4.53 Å². The molecule has 2 aromatic heterocycles. The van der Waals surface area contributed by atoms with Gasteiger partial charge < -0.3 is 0 Å². The van der Waals surface area contributed by atoms with Crippen molar-refractivity contribution in [2.45, 2.75) is 13.8 Å². The molecule has 2 heterocycles.